The van der Waals surface area contributed by atoms with Gasteiger partial charge in [0.1, 0.15) is 11.6 Å². The molecule has 0 unspecified atom stereocenters. The molecule has 0 saturated heterocycles. The van der Waals surface area contributed by atoms with Crippen LogP contribution in [0.5, 0.6) is 5.75 Å². The molecule has 0 aromatic carbocycles. The van der Waals surface area contributed by atoms with E-state index in [1.54, 1.807) is 23.7 Å². The first-order valence-electron chi connectivity index (χ1n) is 5.41. The van der Waals surface area contributed by atoms with Crippen molar-refractivity contribution in [3.05, 3.63) is 39.1 Å². The van der Waals surface area contributed by atoms with E-state index in [0.29, 0.717) is 5.82 Å². The number of halogens is 1. The Hall–Kier alpha value is -1.93. The summed E-state index contributed by atoms with van der Waals surface area (Å²) in [7, 11) is 0. The highest BCUT2D eigenvalue weighted by molar-refractivity contribution is 9.10. The molecule has 0 radical (unpaired) electrons. The second-order valence-electron chi connectivity index (χ2n) is 3.62. The average Bonchev–Trinajstić information content (AvgIpc) is 2.88. The number of nitrogens with one attached hydrogen (secondary N) is 1. The molecule has 8 heteroatoms. The molecule has 0 aliphatic heterocycles. The summed E-state index contributed by atoms with van der Waals surface area (Å²) in [6, 6.07) is 4.89. The largest absolute Gasteiger partial charge is 0.482 e. The maximum Gasteiger partial charge on any atom is 0.349 e. The maximum absolute atomic E-state index is 11.6. The van der Waals surface area contributed by atoms with Crippen LogP contribution >= 0.6 is 27.3 Å². The predicted molar refractivity (Wildman–Crippen MR) is 77.3 cm³/mol. The van der Waals surface area contributed by atoms with Crippen molar-refractivity contribution in [1.29, 1.82) is 0 Å². The normalized spacial score (nSPS) is 10.1. The van der Waals surface area contributed by atoms with E-state index in [1.165, 1.54) is 6.07 Å². The third-order valence-corrected chi connectivity index (χ3v) is 3.53. The van der Waals surface area contributed by atoms with E-state index in [9.17, 15) is 9.59 Å². The first-order chi connectivity index (χ1) is 9.56. The number of hydrogen-bond acceptors (Lipinski definition) is 5. The number of aromatic nitrogens is 1. The summed E-state index contributed by atoms with van der Waals surface area (Å²) in [4.78, 5) is 26.6. The molecule has 2 aromatic rings. The van der Waals surface area contributed by atoms with Crippen LogP contribution in [0.15, 0.2) is 34.2 Å². The summed E-state index contributed by atoms with van der Waals surface area (Å²) in [6.07, 6.45) is 1.55. The van der Waals surface area contributed by atoms with E-state index in [-0.39, 0.29) is 17.2 Å². The van der Waals surface area contributed by atoms with E-state index in [4.69, 9.17) is 9.84 Å². The first-order valence-corrected chi connectivity index (χ1v) is 7.08. The monoisotopic (exact) mass is 356 g/mol. The fraction of sp³-hybridized carbons (Fsp3) is 0.0833. The Morgan fingerprint density at radius 2 is 2.20 bits per heavy atom. The lowest BCUT2D eigenvalue weighted by Gasteiger charge is -2.06. The molecule has 0 aliphatic rings. The lowest BCUT2D eigenvalue weighted by Crippen LogP contribution is -2.21. The number of carbonyl (C=O) groups is 2. The molecule has 2 aromatic heterocycles. The Kier molecular flexibility index (Phi) is 4.70. The van der Waals surface area contributed by atoms with Gasteiger partial charge >= 0.3 is 5.97 Å². The van der Waals surface area contributed by atoms with Crippen molar-refractivity contribution in [3.8, 4) is 5.75 Å². The number of anilines is 1. The molecule has 0 saturated carbocycles. The third-order valence-electron chi connectivity index (χ3n) is 2.18. The van der Waals surface area contributed by atoms with Crippen molar-refractivity contribution < 1.29 is 19.4 Å². The van der Waals surface area contributed by atoms with Crippen molar-refractivity contribution in [2.24, 2.45) is 0 Å². The van der Waals surface area contributed by atoms with Crippen LogP contribution in [-0.2, 0) is 4.79 Å². The average molecular weight is 357 g/mol. The van der Waals surface area contributed by atoms with Gasteiger partial charge in [0.25, 0.3) is 5.91 Å². The number of hydrogen-bond donors (Lipinski definition) is 2. The number of ether oxygens (including phenoxy) is 1. The third kappa shape index (κ3) is 3.78. The Bertz CT molecular complexity index is 627. The number of nitrogens with zero attached hydrogens (tertiary/aromatic N) is 1. The fourth-order valence-electron chi connectivity index (χ4n) is 1.34. The van der Waals surface area contributed by atoms with Gasteiger partial charge in [0.05, 0.1) is 0 Å². The topological polar surface area (TPSA) is 88.5 Å². The van der Waals surface area contributed by atoms with Gasteiger partial charge in [-0.1, -0.05) is 0 Å². The SMILES string of the molecule is O=C(COc1ccsc1C(=O)O)Nc1ccc(Br)cn1. The van der Waals surface area contributed by atoms with Gasteiger partial charge in [-0.2, -0.15) is 0 Å². The number of aromatic carboxylic acids is 1. The number of amides is 1. The van der Waals surface area contributed by atoms with Crippen molar-refractivity contribution in [2.45, 2.75) is 0 Å². The highest BCUT2D eigenvalue weighted by Crippen LogP contribution is 2.24. The molecular weight excluding hydrogens is 348 g/mol. The molecule has 2 N–H and O–H groups in total. The Balaban J connectivity index is 1.90. The molecule has 0 spiro atoms. The Labute approximate surface area is 126 Å². The Morgan fingerprint density at radius 1 is 1.40 bits per heavy atom. The van der Waals surface area contributed by atoms with Crippen LogP contribution in [0.4, 0.5) is 5.82 Å². The summed E-state index contributed by atoms with van der Waals surface area (Å²) in [5.41, 5.74) is 0. The van der Waals surface area contributed by atoms with Gasteiger partial charge in [0.15, 0.2) is 11.5 Å². The number of carboxylic acids is 1. The zero-order valence-corrected chi connectivity index (χ0v) is 12.4. The van der Waals surface area contributed by atoms with Gasteiger partial charge in [0, 0.05) is 10.7 Å². The van der Waals surface area contributed by atoms with Crippen molar-refractivity contribution in [3.63, 3.8) is 0 Å². The van der Waals surface area contributed by atoms with Crippen LogP contribution in [0.3, 0.4) is 0 Å². The fourth-order valence-corrected chi connectivity index (χ4v) is 2.25. The number of rotatable bonds is 5. The minimum Gasteiger partial charge on any atom is -0.482 e. The van der Waals surface area contributed by atoms with E-state index in [2.05, 4.69) is 26.2 Å². The van der Waals surface area contributed by atoms with Crippen LogP contribution in [0, 0.1) is 0 Å². The van der Waals surface area contributed by atoms with Gasteiger partial charge in [-0.3, -0.25) is 4.79 Å². The highest BCUT2D eigenvalue weighted by atomic mass is 79.9. The molecule has 1 amide bonds. The molecule has 104 valence electrons. The predicted octanol–water partition coefficient (Wildman–Crippen LogP) is 2.62. The second kappa shape index (κ2) is 6.49. The van der Waals surface area contributed by atoms with Crippen LogP contribution in [-0.4, -0.2) is 28.6 Å². The molecule has 0 atom stereocenters. The molecule has 20 heavy (non-hydrogen) atoms. The van der Waals surface area contributed by atoms with Crippen LogP contribution in [0.2, 0.25) is 0 Å². The van der Waals surface area contributed by atoms with Gasteiger partial charge in [-0.25, -0.2) is 9.78 Å². The maximum atomic E-state index is 11.6. The minimum absolute atomic E-state index is 0.0690. The summed E-state index contributed by atoms with van der Waals surface area (Å²) in [5, 5.41) is 13.0. The van der Waals surface area contributed by atoms with Crippen LogP contribution in [0.25, 0.3) is 0 Å². The van der Waals surface area contributed by atoms with E-state index < -0.39 is 11.9 Å². The van der Waals surface area contributed by atoms with E-state index in [1.807, 2.05) is 0 Å². The quantitative estimate of drug-likeness (QED) is 0.859. The number of pyridine rings is 1. The molecule has 2 rings (SSSR count). The van der Waals surface area contributed by atoms with Gasteiger partial charge in [-0.15, -0.1) is 11.3 Å². The van der Waals surface area contributed by atoms with Crippen molar-refractivity contribution in [1.82, 2.24) is 4.98 Å². The number of carboxylic acid groups (broad SMARTS) is 1. The van der Waals surface area contributed by atoms with Gasteiger partial charge in [-0.05, 0) is 39.5 Å². The molecule has 0 fully saturated rings. The second-order valence-corrected chi connectivity index (χ2v) is 5.45. The molecule has 2 heterocycles. The number of carbonyl (C=O) groups excluding carboxylic acids is 1. The van der Waals surface area contributed by atoms with Crippen molar-refractivity contribution in [2.75, 3.05) is 11.9 Å². The zero-order chi connectivity index (χ0) is 14.5. The number of thiophene rings is 1. The summed E-state index contributed by atoms with van der Waals surface area (Å²) in [6.45, 7) is -0.283. The summed E-state index contributed by atoms with van der Waals surface area (Å²) in [5.74, 6) is -0.917. The first kappa shape index (κ1) is 14.5. The molecule has 0 aliphatic carbocycles. The zero-order valence-electron chi connectivity index (χ0n) is 10.00. The molecular formula is C12H9BrN2O4S. The van der Waals surface area contributed by atoms with E-state index in [0.717, 1.165) is 15.8 Å². The lowest BCUT2D eigenvalue weighted by atomic mass is 10.4. The van der Waals surface area contributed by atoms with Crippen LogP contribution < -0.4 is 10.1 Å². The van der Waals surface area contributed by atoms with Gasteiger partial charge in [0.2, 0.25) is 0 Å². The van der Waals surface area contributed by atoms with Crippen molar-refractivity contribution >= 4 is 45.0 Å². The van der Waals surface area contributed by atoms with Crippen LogP contribution in [0.1, 0.15) is 9.67 Å². The van der Waals surface area contributed by atoms with E-state index >= 15 is 0 Å². The Morgan fingerprint density at radius 3 is 2.85 bits per heavy atom. The smallest absolute Gasteiger partial charge is 0.349 e. The molecule has 0 bridgehead atoms. The minimum atomic E-state index is -1.08. The highest BCUT2D eigenvalue weighted by Gasteiger charge is 2.14. The summed E-state index contributed by atoms with van der Waals surface area (Å²) < 4.78 is 5.98. The lowest BCUT2D eigenvalue weighted by molar-refractivity contribution is -0.118. The molecule has 6 nitrogen and oxygen atoms in total. The summed E-state index contributed by atoms with van der Waals surface area (Å²) >= 11 is 4.28. The standard InChI is InChI=1S/C12H9BrN2O4S/c13-7-1-2-9(14-5-7)15-10(16)6-19-8-3-4-20-11(8)12(17)18/h1-5H,6H2,(H,17,18)(H,14,15,16). The van der Waals surface area contributed by atoms with Gasteiger partial charge < -0.3 is 15.2 Å².